The summed E-state index contributed by atoms with van der Waals surface area (Å²) in [6.45, 7) is 6.94. The van der Waals surface area contributed by atoms with Gasteiger partial charge in [0.05, 0.1) is 19.3 Å². The van der Waals surface area contributed by atoms with Crippen molar-refractivity contribution in [1.82, 2.24) is 0 Å². The first-order chi connectivity index (χ1) is 14.1. The SMILES string of the molecule is COC(=O)CC[C@@H](C)[C@H]1CC[C@H]2[C@@H]3[C@H](O)C[C@@H]4C[C@H](O)[C@H](F)C[C@]4(C)[C@H]3CC[C@]12C. The largest absolute Gasteiger partial charge is 0.469 e. The van der Waals surface area contributed by atoms with Crippen molar-refractivity contribution in [3.8, 4) is 0 Å². The number of halogens is 1. The second-order valence-electron chi connectivity index (χ2n) is 11.6. The number of rotatable bonds is 4. The minimum Gasteiger partial charge on any atom is -0.469 e. The fraction of sp³-hybridized carbons (Fsp3) is 0.960. The highest BCUT2D eigenvalue weighted by Crippen LogP contribution is 2.68. The molecule has 5 heteroatoms. The molecule has 4 nitrogen and oxygen atoms in total. The first kappa shape index (κ1) is 22.5. The predicted octanol–water partition coefficient (Wildman–Crippen LogP) is 4.51. The predicted molar refractivity (Wildman–Crippen MR) is 113 cm³/mol. The van der Waals surface area contributed by atoms with Crippen LogP contribution in [0.5, 0.6) is 0 Å². The van der Waals surface area contributed by atoms with Gasteiger partial charge in [0, 0.05) is 6.42 Å². The van der Waals surface area contributed by atoms with Gasteiger partial charge in [-0.25, -0.2) is 4.39 Å². The number of aliphatic hydroxyl groups excluding tert-OH is 2. The Morgan fingerprint density at radius 3 is 2.47 bits per heavy atom. The number of fused-ring (bicyclic) bond motifs is 5. The van der Waals surface area contributed by atoms with Crippen molar-refractivity contribution in [2.24, 2.45) is 46.3 Å². The van der Waals surface area contributed by atoms with Crippen LogP contribution in [0.1, 0.15) is 78.6 Å². The van der Waals surface area contributed by atoms with E-state index in [9.17, 15) is 19.4 Å². The van der Waals surface area contributed by atoms with Gasteiger partial charge in [0.1, 0.15) is 6.17 Å². The molecule has 0 aromatic rings. The highest BCUT2D eigenvalue weighted by molar-refractivity contribution is 5.69. The fourth-order valence-electron chi connectivity index (χ4n) is 8.82. The van der Waals surface area contributed by atoms with Gasteiger partial charge in [0.2, 0.25) is 0 Å². The number of ether oxygens (including phenoxy) is 1. The molecule has 0 aromatic carbocycles. The van der Waals surface area contributed by atoms with E-state index >= 15 is 0 Å². The smallest absolute Gasteiger partial charge is 0.305 e. The average Bonchev–Trinajstić information content (AvgIpc) is 3.05. The van der Waals surface area contributed by atoms with Crippen LogP contribution in [-0.4, -0.2) is 41.7 Å². The number of esters is 1. The maximum Gasteiger partial charge on any atom is 0.305 e. The van der Waals surface area contributed by atoms with Gasteiger partial charge in [0.25, 0.3) is 0 Å². The number of aliphatic hydroxyl groups is 2. The molecule has 0 amide bonds. The summed E-state index contributed by atoms with van der Waals surface area (Å²) in [5, 5.41) is 21.4. The van der Waals surface area contributed by atoms with E-state index in [0.717, 1.165) is 32.1 Å². The zero-order chi connectivity index (χ0) is 21.8. The van der Waals surface area contributed by atoms with E-state index in [4.69, 9.17) is 4.74 Å². The van der Waals surface area contributed by atoms with Crippen molar-refractivity contribution in [3.05, 3.63) is 0 Å². The third-order valence-electron chi connectivity index (χ3n) is 10.5. The standard InChI is InChI=1S/C25H41FO4/c1-14(5-8-22(29)30-4)16-6-7-17-23-18(9-10-24(16,17)2)25(3)13-19(26)20(27)11-15(25)12-21(23)28/h14-21,23,27-28H,5-13H2,1-4H3/t14-,15+,16-,17+,18+,19-,20+,21-,23+,24-,25+/m1/s1. The summed E-state index contributed by atoms with van der Waals surface area (Å²) in [4.78, 5) is 11.6. The second-order valence-corrected chi connectivity index (χ2v) is 11.6. The summed E-state index contributed by atoms with van der Waals surface area (Å²) in [6.07, 6.45) is 5.09. The summed E-state index contributed by atoms with van der Waals surface area (Å²) >= 11 is 0. The van der Waals surface area contributed by atoms with Gasteiger partial charge < -0.3 is 14.9 Å². The molecule has 0 spiro atoms. The molecule has 2 N–H and O–H groups in total. The van der Waals surface area contributed by atoms with Gasteiger partial charge in [-0.1, -0.05) is 20.8 Å². The Kier molecular flexibility index (Phi) is 6.02. The molecule has 0 unspecified atom stereocenters. The van der Waals surface area contributed by atoms with E-state index in [2.05, 4.69) is 20.8 Å². The molecule has 172 valence electrons. The van der Waals surface area contributed by atoms with Crippen molar-refractivity contribution >= 4 is 5.97 Å². The summed E-state index contributed by atoms with van der Waals surface area (Å²) in [6, 6.07) is 0. The van der Waals surface area contributed by atoms with Crippen LogP contribution in [0, 0.1) is 46.3 Å². The van der Waals surface area contributed by atoms with Crippen LogP contribution in [0.4, 0.5) is 4.39 Å². The molecular weight excluding hydrogens is 383 g/mol. The Morgan fingerprint density at radius 2 is 1.77 bits per heavy atom. The Labute approximate surface area is 181 Å². The van der Waals surface area contributed by atoms with E-state index in [1.165, 1.54) is 7.11 Å². The number of carbonyl (C=O) groups excluding carboxylic acids is 1. The molecule has 4 fully saturated rings. The van der Waals surface area contributed by atoms with E-state index in [-0.39, 0.29) is 34.7 Å². The van der Waals surface area contributed by atoms with Crippen LogP contribution in [0.15, 0.2) is 0 Å². The topological polar surface area (TPSA) is 66.8 Å². The van der Waals surface area contributed by atoms with Crippen molar-refractivity contribution in [2.75, 3.05) is 7.11 Å². The second kappa shape index (κ2) is 8.03. The molecule has 0 bridgehead atoms. The molecule has 4 rings (SSSR count). The lowest BCUT2D eigenvalue weighted by molar-refractivity contribution is -0.186. The molecule has 11 atom stereocenters. The lowest BCUT2D eigenvalue weighted by Gasteiger charge is -2.62. The van der Waals surface area contributed by atoms with Crippen LogP contribution in [0.3, 0.4) is 0 Å². The number of alkyl halides is 1. The highest BCUT2D eigenvalue weighted by Gasteiger charge is 2.63. The maximum absolute atomic E-state index is 14.6. The van der Waals surface area contributed by atoms with Crippen molar-refractivity contribution in [2.45, 2.75) is 96.9 Å². The Hall–Kier alpha value is -0.680. The van der Waals surface area contributed by atoms with Crippen molar-refractivity contribution < 1.29 is 24.1 Å². The molecule has 0 aliphatic heterocycles. The Morgan fingerprint density at radius 1 is 1.10 bits per heavy atom. The molecule has 4 saturated carbocycles. The van der Waals surface area contributed by atoms with Gasteiger partial charge in [-0.3, -0.25) is 4.79 Å². The van der Waals surface area contributed by atoms with Crippen molar-refractivity contribution in [3.63, 3.8) is 0 Å². The number of methoxy groups -OCH3 is 1. The Balaban J connectivity index is 1.54. The van der Waals surface area contributed by atoms with Gasteiger partial charge in [-0.05, 0) is 97.7 Å². The number of hydrogen-bond donors (Lipinski definition) is 2. The third-order valence-corrected chi connectivity index (χ3v) is 10.5. The van der Waals surface area contributed by atoms with Crippen molar-refractivity contribution in [1.29, 1.82) is 0 Å². The van der Waals surface area contributed by atoms with Gasteiger partial charge in [0.15, 0.2) is 0 Å². The van der Waals surface area contributed by atoms with Gasteiger partial charge >= 0.3 is 5.97 Å². The van der Waals surface area contributed by atoms with Crippen LogP contribution >= 0.6 is 0 Å². The van der Waals surface area contributed by atoms with Crippen LogP contribution in [0.2, 0.25) is 0 Å². The van der Waals surface area contributed by atoms with E-state index in [0.29, 0.717) is 49.4 Å². The number of hydrogen-bond acceptors (Lipinski definition) is 4. The molecule has 0 radical (unpaired) electrons. The lowest BCUT2D eigenvalue weighted by Crippen LogP contribution is -2.60. The lowest BCUT2D eigenvalue weighted by atomic mass is 9.43. The highest BCUT2D eigenvalue weighted by atomic mass is 19.1. The average molecular weight is 425 g/mol. The normalized spacial score (nSPS) is 51.4. The van der Waals surface area contributed by atoms with E-state index in [1.54, 1.807) is 0 Å². The van der Waals surface area contributed by atoms with Gasteiger partial charge in [-0.2, -0.15) is 0 Å². The molecule has 4 aliphatic carbocycles. The molecule has 0 aromatic heterocycles. The molecule has 0 saturated heterocycles. The summed E-state index contributed by atoms with van der Waals surface area (Å²) in [5.74, 6) is 2.17. The van der Waals surface area contributed by atoms with Crippen LogP contribution in [-0.2, 0) is 9.53 Å². The quantitative estimate of drug-likeness (QED) is 0.652. The first-order valence-electron chi connectivity index (χ1n) is 12.2. The molecular formula is C25H41FO4. The fourth-order valence-corrected chi connectivity index (χ4v) is 8.82. The molecule has 0 heterocycles. The summed E-state index contributed by atoms with van der Waals surface area (Å²) in [5.41, 5.74) is 0.0721. The molecule has 4 aliphatic rings. The zero-order valence-electron chi connectivity index (χ0n) is 19.1. The summed E-state index contributed by atoms with van der Waals surface area (Å²) in [7, 11) is 1.45. The van der Waals surface area contributed by atoms with Gasteiger partial charge in [-0.15, -0.1) is 0 Å². The third kappa shape index (κ3) is 3.43. The van der Waals surface area contributed by atoms with E-state index < -0.39 is 12.3 Å². The molecule has 30 heavy (non-hydrogen) atoms. The van der Waals surface area contributed by atoms with Crippen LogP contribution < -0.4 is 0 Å². The zero-order valence-corrected chi connectivity index (χ0v) is 19.1. The number of carbonyl (C=O) groups is 1. The minimum atomic E-state index is -1.13. The maximum atomic E-state index is 14.6. The van der Waals surface area contributed by atoms with E-state index in [1.807, 2.05) is 0 Å². The monoisotopic (exact) mass is 424 g/mol. The Bertz CT molecular complexity index is 655. The first-order valence-corrected chi connectivity index (χ1v) is 12.2. The summed E-state index contributed by atoms with van der Waals surface area (Å²) < 4.78 is 19.4. The van der Waals surface area contributed by atoms with Crippen LogP contribution in [0.25, 0.3) is 0 Å². The minimum absolute atomic E-state index is 0.113.